The van der Waals surface area contributed by atoms with Gasteiger partial charge in [-0.25, -0.2) is 14.4 Å². The Labute approximate surface area is 195 Å². The van der Waals surface area contributed by atoms with Crippen molar-refractivity contribution >= 4 is 29.9 Å². The molecule has 0 radical (unpaired) electrons. The van der Waals surface area contributed by atoms with Crippen LogP contribution in [0, 0.1) is 0 Å². The third-order valence-electron chi connectivity index (χ3n) is 4.79. The molecule has 13 heteroatoms. The maximum absolute atomic E-state index is 12.0. The fourth-order valence-electron chi connectivity index (χ4n) is 3.13. The lowest BCUT2D eigenvalue weighted by Gasteiger charge is -2.20. The summed E-state index contributed by atoms with van der Waals surface area (Å²) in [7, 11) is 0. The highest BCUT2D eigenvalue weighted by atomic mass is 16.4. The van der Waals surface area contributed by atoms with E-state index in [4.69, 9.17) is 15.3 Å². The number of carboxylic acid groups (broad SMARTS) is 4. The first kappa shape index (κ1) is 28.3. The summed E-state index contributed by atoms with van der Waals surface area (Å²) in [6, 6.07) is 1.60. The molecule has 0 bridgehead atoms. The van der Waals surface area contributed by atoms with Crippen molar-refractivity contribution in [2.45, 2.75) is 57.2 Å². The standard InChI is InChI=1S/C21H30N4O9/c26-17(27)9-8-16(20(32)33)24-21(34)23-15(19(30)31)7-2-1-5-11-25(13-18(28)29)12-14-6-3-4-10-22-14/h3-4,6,10,15-16H,1-2,5,7-9,11-13H2,(H,26,27)(H,28,29)(H,30,31)(H,32,33)(H2,23,24,34)/t15-,16-/m0/s1. The molecular formula is C21H30N4O9. The van der Waals surface area contributed by atoms with E-state index < -0.39 is 48.4 Å². The lowest BCUT2D eigenvalue weighted by atomic mass is 10.1. The highest BCUT2D eigenvalue weighted by Gasteiger charge is 2.24. The molecule has 1 aromatic heterocycles. The van der Waals surface area contributed by atoms with Gasteiger partial charge in [0.05, 0.1) is 12.2 Å². The van der Waals surface area contributed by atoms with Crippen molar-refractivity contribution in [3.05, 3.63) is 30.1 Å². The number of urea groups is 1. The fourth-order valence-corrected chi connectivity index (χ4v) is 3.13. The second-order valence-corrected chi connectivity index (χ2v) is 7.61. The summed E-state index contributed by atoms with van der Waals surface area (Å²) in [4.78, 5) is 62.2. The Morgan fingerprint density at radius 3 is 2.03 bits per heavy atom. The summed E-state index contributed by atoms with van der Waals surface area (Å²) >= 11 is 0. The number of carbonyl (C=O) groups excluding carboxylic acids is 1. The van der Waals surface area contributed by atoms with Crippen LogP contribution in [-0.4, -0.2) is 85.4 Å². The Bertz CT molecular complexity index is 835. The molecule has 0 saturated carbocycles. The van der Waals surface area contributed by atoms with E-state index in [-0.39, 0.29) is 19.4 Å². The van der Waals surface area contributed by atoms with Crippen LogP contribution in [0.3, 0.4) is 0 Å². The molecular weight excluding hydrogens is 452 g/mol. The first-order valence-electron chi connectivity index (χ1n) is 10.7. The van der Waals surface area contributed by atoms with Crippen molar-refractivity contribution in [3.8, 4) is 0 Å². The van der Waals surface area contributed by atoms with Crippen LogP contribution in [0.1, 0.15) is 44.2 Å². The molecule has 1 rings (SSSR count). The minimum atomic E-state index is -1.47. The largest absolute Gasteiger partial charge is 0.481 e. The summed E-state index contributed by atoms with van der Waals surface area (Å²) in [5, 5.41) is 40.4. The second kappa shape index (κ2) is 15.2. The minimum Gasteiger partial charge on any atom is -0.481 e. The highest BCUT2D eigenvalue weighted by Crippen LogP contribution is 2.08. The summed E-state index contributed by atoms with van der Waals surface area (Å²) in [5.74, 6) is -4.92. The van der Waals surface area contributed by atoms with Gasteiger partial charge in [0.15, 0.2) is 0 Å². The third kappa shape index (κ3) is 12.3. The van der Waals surface area contributed by atoms with E-state index in [2.05, 4.69) is 15.6 Å². The molecule has 2 atom stereocenters. The molecule has 0 aromatic carbocycles. The zero-order valence-electron chi connectivity index (χ0n) is 18.6. The van der Waals surface area contributed by atoms with Crippen molar-refractivity contribution in [1.82, 2.24) is 20.5 Å². The van der Waals surface area contributed by atoms with Gasteiger partial charge in [-0.1, -0.05) is 18.9 Å². The number of hydrogen-bond donors (Lipinski definition) is 6. The summed E-state index contributed by atoms with van der Waals surface area (Å²) in [6.45, 7) is 0.653. The molecule has 1 heterocycles. The van der Waals surface area contributed by atoms with Gasteiger partial charge >= 0.3 is 29.9 Å². The van der Waals surface area contributed by atoms with E-state index in [0.29, 0.717) is 32.4 Å². The van der Waals surface area contributed by atoms with Gasteiger partial charge in [-0.15, -0.1) is 0 Å². The number of pyridine rings is 1. The molecule has 13 nitrogen and oxygen atoms in total. The maximum atomic E-state index is 12.0. The molecule has 34 heavy (non-hydrogen) atoms. The van der Waals surface area contributed by atoms with Gasteiger partial charge in [-0.3, -0.25) is 19.5 Å². The van der Waals surface area contributed by atoms with Crippen molar-refractivity contribution in [2.75, 3.05) is 13.1 Å². The van der Waals surface area contributed by atoms with Crippen molar-refractivity contribution in [2.24, 2.45) is 0 Å². The molecule has 0 fully saturated rings. The Kier molecular flexibility index (Phi) is 12.6. The smallest absolute Gasteiger partial charge is 0.326 e. The third-order valence-corrected chi connectivity index (χ3v) is 4.79. The van der Waals surface area contributed by atoms with Crippen LogP contribution < -0.4 is 10.6 Å². The zero-order valence-corrected chi connectivity index (χ0v) is 18.6. The Morgan fingerprint density at radius 2 is 1.50 bits per heavy atom. The first-order valence-corrected chi connectivity index (χ1v) is 10.7. The number of aromatic nitrogens is 1. The number of carboxylic acids is 4. The van der Waals surface area contributed by atoms with Crippen molar-refractivity contribution in [3.63, 3.8) is 0 Å². The Hall–Kier alpha value is -3.74. The molecule has 6 N–H and O–H groups in total. The van der Waals surface area contributed by atoms with E-state index in [1.807, 2.05) is 0 Å². The number of nitrogens with one attached hydrogen (secondary N) is 2. The van der Waals surface area contributed by atoms with E-state index in [1.165, 1.54) is 0 Å². The van der Waals surface area contributed by atoms with E-state index in [0.717, 1.165) is 5.69 Å². The predicted octanol–water partition coefficient (Wildman–Crippen LogP) is 0.599. The van der Waals surface area contributed by atoms with Gasteiger partial charge < -0.3 is 31.1 Å². The maximum Gasteiger partial charge on any atom is 0.326 e. The predicted molar refractivity (Wildman–Crippen MR) is 117 cm³/mol. The summed E-state index contributed by atoms with van der Waals surface area (Å²) in [6.07, 6.45) is 2.46. The van der Waals surface area contributed by atoms with Gasteiger partial charge in [0.2, 0.25) is 0 Å². The van der Waals surface area contributed by atoms with Crippen LogP contribution >= 0.6 is 0 Å². The van der Waals surface area contributed by atoms with Gasteiger partial charge in [-0.2, -0.15) is 0 Å². The molecule has 188 valence electrons. The molecule has 0 aliphatic rings. The lowest BCUT2D eigenvalue weighted by molar-refractivity contribution is -0.141. The van der Waals surface area contributed by atoms with Crippen LogP contribution in [-0.2, 0) is 25.7 Å². The normalized spacial score (nSPS) is 12.5. The van der Waals surface area contributed by atoms with Crippen LogP contribution in [0.2, 0.25) is 0 Å². The number of nitrogens with zero attached hydrogens (tertiary/aromatic N) is 2. The second-order valence-electron chi connectivity index (χ2n) is 7.61. The molecule has 0 saturated heterocycles. The quantitative estimate of drug-likeness (QED) is 0.169. The SMILES string of the molecule is O=C(O)CC[C@H](NC(=O)N[C@@H](CCCCCN(CC(=O)O)Cc1ccccn1)C(=O)O)C(=O)O. The average Bonchev–Trinajstić information content (AvgIpc) is 2.75. The lowest BCUT2D eigenvalue weighted by Crippen LogP contribution is -2.51. The number of rotatable bonds is 17. The summed E-state index contributed by atoms with van der Waals surface area (Å²) < 4.78 is 0. The van der Waals surface area contributed by atoms with Gasteiger partial charge in [0, 0.05) is 19.2 Å². The molecule has 0 unspecified atom stereocenters. The van der Waals surface area contributed by atoms with Crippen LogP contribution in [0.25, 0.3) is 0 Å². The van der Waals surface area contributed by atoms with Crippen molar-refractivity contribution < 1.29 is 44.4 Å². The van der Waals surface area contributed by atoms with E-state index in [1.54, 1.807) is 29.3 Å². The van der Waals surface area contributed by atoms with Gasteiger partial charge in [0.1, 0.15) is 12.1 Å². The first-order chi connectivity index (χ1) is 16.1. The molecule has 0 spiro atoms. The number of unbranched alkanes of at least 4 members (excludes halogenated alkanes) is 2. The van der Waals surface area contributed by atoms with Crippen molar-refractivity contribution in [1.29, 1.82) is 0 Å². The number of hydrogen-bond acceptors (Lipinski definition) is 7. The fraction of sp³-hybridized carbons (Fsp3) is 0.524. The monoisotopic (exact) mass is 482 g/mol. The molecule has 0 aliphatic heterocycles. The van der Waals surface area contributed by atoms with Crippen LogP contribution in [0.15, 0.2) is 24.4 Å². The van der Waals surface area contributed by atoms with Crippen LogP contribution in [0.5, 0.6) is 0 Å². The van der Waals surface area contributed by atoms with E-state index in [9.17, 15) is 29.1 Å². The number of carbonyl (C=O) groups is 5. The molecule has 1 aromatic rings. The van der Waals surface area contributed by atoms with Gasteiger partial charge in [0.25, 0.3) is 0 Å². The highest BCUT2D eigenvalue weighted by molar-refractivity contribution is 5.86. The topological polar surface area (TPSA) is 206 Å². The Balaban J connectivity index is 2.47. The van der Waals surface area contributed by atoms with E-state index >= 15 is 0 Å². The Morgan fingerprint density at radius 1 is 0.853 bits per heavy atom. The number of amides is 2. The molecule has 2 amide bonds. The van der Waals surface area contributed by atoms with Crippen LogP contribution in [0.4, 0.5) is 4.79 Å². The average molecular weight is 482 g/mol. The minimum absolute atomic E-state index is 0.0782. The summed E-state index contributed by atoms with van der Waals surface area (Å²) in [5.41, 5.74) is 0.730. The van der Waals surface area contributed by atoms with Gasteiger partial charge in [-0.05, 0) is 37.9 Å². The molecule has 0 aliphatic carbocycles. The number of aliphatic carboxylic acids is 4. The zero-order chi connectivity index (χ0) is 25.5.